The van der Waals surface area contributed by atoms with E-state index in [0.29, 0.717) is 16.9 Å². The Morgan fingerprint density at radius 2 is 1.63 bits per heavy atom. The van der Waals surface area contributed by atoms with Crippen LogP contribution in [-0.4, -0.2) is 25.8 Å². The van der Waals surface area contributed by atoms with E-state index in [2.05, 4.69) is 0 Å². The average Bonchev–Trinajstić information content (AvgIpc) is 2.83. The summed E-state index contributed by atoms with van der Waals surface area (Å²) in [4.78, 5) is 24.2. The third kappa shape index (κ3) is 1.41. The molecular weight excluding hydrogens is 248 g/mol. The maximum Gasteiger partial charge on any atom is 0.329 e. The Morgan fingerprint density at radius 3 is 2.26 bits per heavy atom. The molecule has 0 saturated heterocycles. The lowest BCUT2D eigenvalue weighted by atomic mass is 9.88. The number of Topliss-reactive ketones (excluding diaryl/α,β-unsaturated/α-hetero) is 2. The van der Waals surface area contributed by atoms with Gasteiger partial charge in [-0.2, -0.15) is 0 Å². The molecule has 1 aliphatic rings. The zero-order valence-electron chi connectivity index (χ0n) is 10.4. The Morgan fingerprint density at radius 1 is 0.947 bits per heavy atom. The van der Waals surface area contributed by atoms with Crippen LogP contribution in [0.2, 0.25) is 0 Å². The maximum atomic E-state index is 12.1. The van der Waals surface area contributed by atoms with E-state index in [1.807, 2.05) is 0 Å². The monoisotopic (exact) mass is 258 g/mol. The van der Waals surface area contributed by atoms with Crippen molar-refractivity contribution in [3.8, 4) is 23.0 Å². The SMILES string of the molecule is COc1oc2c(c1OC)C(=O)C(=O)c1ccccc1-2. The molecule has 96 valence electrons. The number of carbonyl (C=O) groups is 2. The van der Waals surface area contributed by atoms with Crippen molar-refractivity contribution in [2.75, 3.05) is 14.2 Å². The highest BCUT2D eigenvalue weighted by Gasteiger charge is 2.38. The minimum atomic E-state index is -0.641. The normalized spacial score (nSPS) is 12.9. The van der Waals surface area contributed by atoms with E-state index in [0.717, 1.165) is 0 Å². The van der Waals surface area contributed by atoms with Gasteiger partial charge in [0.2, 0.25) is 17.3 Å². The second-order valence-corrected chi connectivity index (χ2v) is 4.03. The van der Waals surface area contributed by atoms with Crippen molar-refractivity contribution < 1.29 is 23.5 Å². The lowest BCUT2D eigenvalue weighted by molar-refractivity contribution is 0.0813. The first kappa shape index (κ1) is 11.5. The highest BCUT2D eigenvalue weighted by Crippen LogP contribution is 2.45. The fourth-order valence-electron chi connectivity index (χ4n) is 2.23. The van der Waals surface area contributed by atoms with Gasteiger partial charge in [-0.05, 0) is 0 Å². The summed E-state index contributed by atoms with van der Waals surface area (Å²) < 4.78 is 15.7. The molecular formula is C14H10O5. The molecule has 0 aliphatic heterocycles. The van der Waals surface area contributed by atoms with Crippen LogP contribution in [0.1, 0.15) is 20.7 Å². The molecule has 0 atom stereocenters. The first-order valence-electron chi connectivity index (χ1n) is 5.62. The van der Waals surface area contributed by atoms with Crippen LogP contribution in [0.15, 0.2) is 28.7 Å². The Balaban J connectivity index is 2.38. The second kappa shape index (κ2) is 3.98. The molecule has 2 aromatic rings. The molecule has 19 heavy (non-hydrogen) atoms. The van der Waals surface area contributed by atoms with Gasteiger partial charge in [-0.25, -0.2) is 0 Å². The largest absolute Gasteiger partial charge is 0.489 e. The molecule has 3 rings (SSSR count). The smallest absolute Gasteiger partial charge is 0.329 e. The maximum absolute atomic E-state index is 12.1. The lowest BCUT2D eigenvalue weighted by Crippen LogP contribution is -2.20. The number of methoxy groups -OCH3 is 2. The fourth-order valence-corrected chi connectivity index (χ4v) is 2.23. The number of furan rings is 1. The number of benzene rings is 1. The van der Waals surface area contributed by atoms with Gasteiger partial charge in [0.15, 0.2) is 5.76 Å². The van der Waals surface area contributed by atoms with E-state index in [1.165, 1.54) is 14.2 Å². The van der Waals surface area contributed by atoms with Crippen molar-refractivity contribution in [3.05, 3.63) is 35.4 Å². The van der Waals surface area contributed by atoms with Gasteiger partial charge in [0, 0.05) is 11.1 Å². The summed E-state index contributed by atoms with van der Waals surface area (Å²) in [5.74, 6) is -0.646. The van der Waals surface area contributed by atoms with Gasteiger partial charge in [-0.15, -0.1) is 0 Å². The fraction of sp³-hybridized carbons (Fsp3) is 0.143. The van der Waals surface area contributed by atoms with Gasteiger partial charge in [0.05, 0.1) is 14.2 Å². The number of carbonyl (C=O) groups excluding carboxylic acids is 2. The molecule has 1 aromatic carbocycles. The predicted octanol–water partition coefficient (Wildman–Crippen LogP) is 2.34. The predicted molar refractivity (Wildman–Crippen MR) is 65.9 cm³/mol. The molecule has 1 aliphatic carbocycles. The van der Waals surface area contributed by atoms with Crippen molar-refractivity contribution >= 4 is 11.6 Å². The van der Waals surface area contributed by atoms with Gasteiger partial charge >= 0.3 is 5.95 Å². The van der Waals surface area contributed by atoms with Crippen molar-refractivity contribution in [1.29, 1.82) is 0 Å². The Bertz CT molecular complexity index is 696. The molecule has 0 unspecified atom stereocenters. The molecule has 0 amide bonds. The molecule has 0 radical (unpaired) electrons. The number of rotatable bonds is 2. The first-order valence-corrected chi connectivity index (χ1v) is 5.62. The van der Waals surface area contributed by atoms with Crippen molar-refractivity contribution in [3.63, 3.8) is 0 Å². The Hall–Kier alpha value is -2.56. The van der Waals surface area contributed by atoms with E-state index in [4.69, 9.17) is 13.9 Å². The number of hydrogen-bond acceptors (Lipinski definition) is 5. The quantitative estimate of drug-likeness (QED) is 0.773. The van der Waals surface area contributed by atoms with E-state index >= 15 is 0 Å². The summed E-state index contributed by atoms with van der Waals surface area (Å²) in [6, 6.07) is 6.79. The highest BCUT2D eigenvalue weighted by atomic mass is 16.6. The van der Waals surface area contributed by atoms with Gasteiger partial charge in [-0.3, -0.25) is 9.59 Å². The second-order valence-electron chi connectivity index (χ2n) is 4.03. The van der Waals surface area contributed by atoms with Crippen molar-refractivity contribution in [2.24, 2.45) is 0 Å². The number of fused-ring (bicyclic) bond motifs is 3. The van der Waals surface area contributed by atoms with Crippen LogP contribution in [0.5, 0.6) is 11.7 Å². The molecule has 0 N–H and O–H groups in total. The Kier molecular flexibility index (Phi) is 2.41. The Labute approximate surface area is 108 Å². The zero-order chi connectivity index (χ0) is 13.6. The van der Waals surface area contributed by atoms with Gasteiger partial charge in [-0.1, -0.05) is 24.3 Å². The summed E-state index contributed by atoms with van der Waals surface area (Å²) in [6.07, 6.45) is 0. The zero-order valence-corrected chi connectivity index (χ0v) is 10.4. The van der Waals surface area contributed by atoms with Crippen molar-refractivity contribution in [2.45, 2.75) is 0 Å². The molecule has 0 bridgehead atoms. The van der Waals surface area contributed by atoms with Crippen LogP contribution in [-0.2, 0) is 0 Å². The third-order valence-corrected chi connectivity index (χ3v) is 3.07. The molecule has 0 saturated carbocycles. The van der Waals surface area contributed by atoms with Crippen LogP contribution in [0.3, 0.4) is 0 Å². The van der Waals surface area contributed by atoms with Crippen LogP contribution < -0.4 is 9.47 Å². The molecule has 1 aromatic heterocycles. The first-order chi connectivity index (χ1) is 9.19. The van der Waals surface area contributed by atoms with Gasteiger partial charge < -0.3 is 13.9 Å². The molecule has 5 nitrogen and oxygen atoms in total. The van der Waals surface area contributed by atoms with E-state index in [1.54, 1.807) is 24.3 Å². The number of ether oxygens (including phenoxy) is 2. The lowest BCUT2D eigenvalue weighted by Gasteiger charge is -2.12. The van der Waals surface area contributed by atoms with Crippen molar-refractivity contribution in [1.82, 2.24) is 0 Å². The minimum absolute atomic E-state index is 0.0883. The summed E-state index contributed by atoms with van der Waals surface area (Å²) in [6.45, 7) is 0. The minimum Gasteiger partial charge on any atom is -0.489 e. The van der Waals surface area contributed by atoms with Crippen LogP contribution in [0, 0.1) is 0 Å². The summed E-state index contributed by atoms with van der Waals surface area (Å²) in [5.41, 5.74) is 1.03. The molecule has 1 heterocycles. The molecule has 0 spiro atoms. The standard InChI is InChI=1S/C14H10O5/c1-17-13-9-11(16)10(15)7-5-3-4-6-8(7)12(9)19-14(13)18-2/h3-6H,1-2H3. The summed E-state index contributed by atoms with van der Waals surface area (Å²) in [7, 11) is 2.80. The topological polar surface area (TPSA) is 65.7 Å². The van der Waals surface area contributed by atoms with E-state index in [-0.39, 0.29) is 17.3 Å². The van der Waals surface area contributed by atoms with E-state index < -0.39 is 11.6 Å². The molecule has 5 heteroatoms. The van der Waals surface area contributed by atoms with Crippen LogP contribution >= 0.6 is 0 Å². The van der Waals surface area contributed by atoms with Gasteiger partial charge in [0.1, 0.15) is 5.56 Å². The van der Waals surface area contributed by atoms with Gasteiger partial charge in [0.25, 0.3) is 0 Å². The van der Waals surface area contributed by atoms with Crippen LogP contribution in [0.25, 0.3) is 11.3 Å². The van der Waals surface area contributed by atoms with E-state index in [9.17, 15) is 9.59 Å². The highest BCUT2D eigenvalue weighted by molar-refractivity contribution is 6.53. The number of hydrogen-bond donors (Lipinski definition) is 0. The third-order valence-electron chi connectivity index (χ3n) is 3.07. The summed E-state index contributed by atoms with van der Waals surface area (Å²) >= 11 is 0. The summed E-state index contributed by atoms with van der Waals surface area (Å²) in [5, 5.41) is 0. The molecule has 0 fully saturated rings. The average molecular weight is 258 g/mol. The van der Waals surface area contributed by atoms with Crippen LogP contribution in [0.4, 0.5) is 0 Å². The number of ketones is 2.